The van der Waals surface area contributed by atoms with E-state index in [9.17, 15) is 0 Å². The van der Waals surface area contributed by atoms with E-state index in [1.54, 1.807) is 0 Å². The van der Waals surface area contributed by atoms with Crippen LogP contribution in [-0.2, 0) is 5.41 Å². The molecule has 0 radical (unpaired) electrons. The molecule has 216 valence electrons. The molecule has 1 aliphatic carbocycles. The summed E-state index contributed by atoms with van der Waals surface area (Å²) in [4.78, 5) is 0. The molecule has 0 unspecified atom stereocenters. The molecule has 1 aromatic heterocycles. The average molecular weight is 586 g/mol. The van der Waals surface area contributed by atoms with Gasteiger partial charge in [-0.15, -0.1) is 0 Å². The van der Waals surface area contributed by atoms with Crippen molar-refractivity contribution in [2.24, 2.45) is 0 Å². The highest BCUT2D eigenvalue weighted by atomic mass is 15.0. The highest BCUT2D eigenvalue weighted by molar-refractivity contribution is 6.26. The lowest BCUT2D eigenvalue weighted by Crippen LogP contribution is -2.14. The number of benzene rings is 8. The first kappa shape index (κ1) is 25.6. The van der Waals surface area contributed by atoms with Crippen LogP contribution in [0.2, 0.25) is 0 Å². The third-order valence-electron chi connectivity index (χ3n) is 10.6. The number of hydrogen-bond acceptors (Lipinski definition) is 0. The van der Waals surface area contributed by atoms with Gasteiger partial charge in [-0.3, -0.25) is 0 Å². The zero-order chi connectivity index (χ0) is 30.6. The molecule has 1 aliphatic rings. The monoisotopic (exact) mass is 585 g/mol. The lowest BCUT2D eigenvalue weighted by Gasteiger charge is -2.22. The molecule has 46 heavy (non-hydrogen) atoms. The van der Waals surface area contributed by atoms with Gasteiger partial charge in [0.15, 0.2) is 0 Å². The van der Waals surface area contributed by atoms with Gasteiger partial charge < -0.3 is 4.57 Å². The third kappa shape index (κ3) is 3.40. The predicted octanol–water partition coefficient (Wildman–Crippen LogP) is 12.2. The minimum absolute atomic E-state index is 0.0316. The summed E-state index contributed by atoms with van der Waals surface area (Å²) in [6.07, 6.45) is 0. The lowest BCUT2D eigenvalue weighted by molar-refractivity contribution is 0.661. The predicted molar refractivity (Wildman–Crippen MR) is 196 cm³/mol. The van der Waals surface area contributed by atoms with E-state index in [1.807, 2.05) is 0 Å². The number of rotatable bonds is 2. The second-order valence-corrected chi connectivity index (χ2v) is 13.3. The van der Waals surface area contributed by atoms with Gasteiger partial charge in [-0.05, 0) is 108 Å². The molecule has 1 heterocycles. The van der Waals surface area contributed by atoms with Crippen molar-refractivity contribution in [2.45, 2.75) is 19.3 Å². The van der Waals surface area contributed by atoms with Gasteiger partial charge in [0.1, 0.15) is 0 Å². The summed E-state index contributed by atoms with van der Waals surface area (Å²) in [7, 11) is 0. The van der Waals surface area contributed by atoms with Crippen molar-refractivity contribution in [3.8, 4) is 27.9 Å². The fourth-order valence-electron chi connectivity index (χ4n) is 8.33. The molecule has 0 saturated heterocycles. The molecule has 10 rings (SSSR count). The van der Waals surface area contributed by atoms with Crippen molar-refractivity contribution in [2.75, 3.05) is 0 Å². The Kier molecular flexibility index (Phi) is 5.12. The lowest BCUT2D eigenvalue weighted by atomic mass is 9.81. The normalized spacial score (nSPS) is 13.6. The molecule has 0 spiro atoms. The molecule has 1 heteroatoms. The molecule has 0 fully saturated rings. The van der Waals surface area contributed by atoms with Gasteiger partial charge in [0, 0.05) is 21.9 Å². The summed E-state index contributed by atoms with van der Waals surface area (Å²) in [6.45, 7) is 4.74. The van der Waals surface area contributed by atoms with Crippen LogP contribution in [0.5, 0.6) is 0 Å². The zero-order valence-corrected chi connectivity index (χ0v) is 25.9. The third-order valence-corrected chi connectivity index (χ3v) is 10.6. The van der Waals surface area contributed by atoms with E-state index in [-0.39, 0.29) is 5.41 Å². The van der Waals surface area contributed by atoms with Gasteiger partial charge in [-0.2, -0.15) is 0 Å². The number of para-hydroxylation sites is 2. The van der Waals surface area contributed by atoms with Gasteiger partial charge in [-0.25, -0.2) is 0 Å². The topological polar surface area (TPSA) is 4.93 Å². The quantitative estimate of drug-likeness (QED) is 0.178. The van der Waals surface area contributed by atoms with Gasteiger partial charge in [-0.1, -0.05) is 123 Å². The second kappa shape index (κ2) is 9.19. The van der Waals surface area contributed by atoms with Gasteiger partial charge in [0.2, 0.25) is 0 Å². The number of fused-ring (bicyclic) bond motifs is 12. The molecular formula is C45H31N. The number of hydrogen-bond donors (Lipinski definition) is 0. The Morgan fingerprint density at radius 2 is 0.891 bits per heavy atom. The minimum atomic E-state index is -0.0316. The fourth-order valence-corrected chi connectivity index (χ4v) is 8.33. The van der Waals surface area contributed by atoms with Gasteiger partial charge in [0.05, 0.1) is 11.0 Å². The van der Waals surface area contributed by atoms with E-state index in [2.05, 4.69) is 170 Å². The zero-order valence-electron chi connectivity index (χ0n) is 25.9. The molecule has 0 aliphatic heterocycles. The number of nitrogens with zero attached hydrogens (tertiary/aromatic N) is 1. The first-order valence-electron chi connectivity index (χ1n) is 16.2. The average Bonchev–Trinajstić information content (AvgIpc) is 3.56. The molecule has 8 aromatic carbocycles. The largest absolute Gasteiger partial charge is 0.309 e. The highest BCUT2D eigenvalue weighted by Crippen LogP contribution is 2.51. The first-order valence-corrected chi connectivity index (χ1v) is 16.2. The first-order chi connectivity index (χ1) is 22.6. The summed E-state index contributed by atoms with van der Waals surface area (Å²) in [5, 5.41) is 10.5. The molecule has 0 atom stereocenters. The maximum Gasteiger partial charge on any atom is 0.0541 e. The van der Waals surface area contributed by atoms with Crippen molar-refractivity contribution in [1.82, 2.24) is 4.57 Å². The Morgan fingerprint density at radius 1 is 0.370 bits per heavy atom. The molecule has 0 N–H and O–H groups in total. The van der Waals surface area contributed by atoms with E-state index in [0.29, 0.717) is 0 Å². The summed E-state index contributed by atoms with van der Waals surface area (Å²) in [5.74, 6) is 0. The van der Waals surface area contributed by atoms with Crippen molar-refractivity contribution >= 4 is 54.1 Å². The van der Waals surface area contributed by atoms with E-state index in [4.69, 9.17) is 0 Å². The van der Waals surface area contributed by atoms with Crippen LogP contribution < -0.4 is 0 Å². The maximum atomic E-state index is 2.49. The second-order valence-electron chi connectivity index (χ2n) is 13.3. The van der Waals surface area contributed by atoms with E-state index < -0.39 is 0 Å². The van der Waals surface area contributed by atoms with Gasteiger partial charge in [0.25, 0.3) is 0 Å². The van der Waals surface area contributed by atoms with Crippen LogP contribution >= 0.6 is 0 Å². The Bertz CT molecular complexity index is 2650. The molecule has 0 amide bonds. The van der Waals surface area contributed by atoms with Crippen LogP contribution in [0.15, 0.2) is 152 Å². The van der Waals surface area contributed by atoms with Crippen LogP contribution in [0, 0.1) is 0 Å². The standard InChI is InChI=1S/C45H31N/c1-45(2)41-16-8-5-13-34(41)40-26-38-32-12-4-3-11-31(32)37-25-29(21-24-33(37)39(38)27-42(40)45)28-19-22-30(23-20-28)46-43-17-9-6-14-35(43)36-15-7-10-18-44(36)46/h3-27H,1-2H3. The maximum absolute atomic E-state index is 2.49. The fraction of sp³-hybridized carbons (Fsp3) is 0.0667. The van der Waals surface area contributed by atoms with E-state index >= 15 is 0 Å². The van der Waals surface area contributed by atoms with Crippen LogP contribution in [-0.4, -0.2) is 4.57 Å². The van der Waals surface area contributed by atoms with Crippen LogP contribution in [0.25, 0.3) is 82.1 Å². The minimum Gasteiger partial charge on any atom is -0.309 e. The molecule has 0 saturated carbocycles. The van der Waals surface area contributed by atoms with Crippen molar-refractivity contribution in [3.63, 3.8) is 0 Å². The van der Waals surface area contributed by atoms with E-state index in [1.165, 1.54) is 93.2 Å². The van der Waals surface area contributed by atoms with Crippen LogP contribution in [0.1, 0.15) is 25.0 Å². The van der Waals surface area contributed by atoms with Crippen molar-refractivity contribution < 1.29 is 0 Å². The van der Waals surface area contributed by atoms with Crippen LogP contribution in [0.4, 0.5) is 0 Å². The summed E-state index contributed by atoms with van der Waals surface area (Å²) in [6, 6.07) is 56.3. The van der Waals surface area contributed by atoms with E-state index in [0.717, 1.165) is 0 Å². The number of aromatic nitrogens is 1. The molecule has 1 nitrogen and oxygen atoms in total. The summed E-state index contributed by atoms with van der Waals surface area (Å²) in [5.41, 5.74) is 11.7. The van der Waals surface area contributed by atoms with Gasteiger partial charge >= 0.3 is 0 Å². The molecular weight excluding hydrogens is 555 g/mol. The summed E-state index contributed by atoms with van der Waals surface area (Å²) < 4.78 is 2.38. The van der Waals surface area contributed by atoms with Crippen molar-refractivity contribution in [1.29, 1.82) is 0 Å². The summed E-state index contributed by atoms with van der Waals surface area (Å²) >= 11 is 0. The smallest absolute Gasteiger partial charge is 0.0541 e. The van der Waals surface area contributed by atoms with Crippen molar-refractivity contribution in [3.05, 3.63) is 163 Å². The Labute approximate surface area is 268 Å². The SMILES string of the molecule is CC1(C)c2ccccc2-c2cc3c4ccccc4c4cc(-c5ccc(-n6c7ccccc7c7ccccc76)cc5)ccc4c3cc21. The Hall–Kier alpha value is -5.66. The molecule has 9 aromatic rings. The molecule has 0 bridgehead atoms. The van der Waals surface area contributed by atoms with Crippen LogP contribution in [0.3, 0.4) is 0 Å². The highest BCUT2D eigenvalue weighted by Gasteiger charge is 2.35. The Balaban J connectivity index is 1.16. The Morgan fingerprint density at radius 3 is 1.59 bits per heavy atom.